The molecule has 0 unspecified atom stereocenters. The highest BCUT2D eigenvalue weighted by Gasteiger charge is 2.35. The Morgan fingerprint density at radius 2 is 1.49 bits per heavy atom. The normalized spacial score (nSPS) is 11.9. The first-order chi connectivity index (χ1) is 21.5. The molecule has 45 heavy (non-hydrogen) atoms. The summed E-state index contributed by atoms with van der Waals surface area (Å²) in [5.41, 5.74) is 1.12. The molecule has 12 heteroatoms. The fourth-order valence-electron chi connectivity index (χ4n) is 4.78. The van der Waals surface area contributed by atoms with Gasteiger partial charge in [0.2, 0.25) is 11.8 Å². The van der Waals surface area contributed by atoms with Crippen LogP contribution in [0, 0.1) is 10.1 Å². The highest BCUT2D eigenvalue weighted by Crippen LogP contribution is 2.28. The van der Waals surface area contributed by atoms with Gasteiger partial charge in [0.25, 0.3) is 15.7 Å². The smallest absolute Gasteiger partial charge is 0.271 e. The van der Waals surface area contributed by atoms with E-state index in [0.717, 1.165) is 20.4 Å². The fraction of sp³-hybridized carbons (Fsp3) is 0.212. The van der Waals surface area contributed by atoms with Gasteiger partial charge in [-0.25, -0.2) is 8.42 Å². The molecular weight excluding hydrogens is 660 g/mol. The second-order valence-corrected chi connectivity index (χ2v) is 13.4. The molecule has 1 atom stereocenters. The maximum absolute atomic E-state index is 14.4. The van der Waals surface area contributed by atoms with Gasteiger partial charge in [0.15, 0.2) is 0 Å². The zero-order chi connectivity index (χ0) is 32.6. The molecule has 0 aliphatic carbocycles. The molecule has 0 aromatic heterocycles. The van der Waals surface area contributed by atoms with Crippen LogP contribution in [0.15, 0.2) is 119 Å². The Hall–Kier alpha value is -4.55. The summed E-state index contributed by atoms with van der Waals surface area (Å²) < 4.78 is 29.7. The molecule has 0 spiro atoms. The van der Waals surface area contributed by atoms with Crippen molar-refractivity contribution in [1.29, 1.82) is 0 Å². The number of nitro groups is 1. The minimum absolute atomic E-state index is 0.00451. The van der Waals surface area contributed by atoms with E-state index >= 15 is 0 Å². The van der Waals surface area contributed by atoms with Crippen LogP contribution >= 0.6 is 15.9 Å². The number of hydrogen-bond donors (Lipinski definition) is 1. The maximum atomic E-state index is 14.4. The van der Waals surface area contributed by atoms with E-state index in [1.54, 1.807) is 24.3 Å². The van der Waals surface area contributed by atoms with Gasteiger partial charge in [-0.2, -0.15) is 0 Å². The van der Waals surface area contributed by atoms with E-state index in [-0.39, 0.29) is 35.3 Å². The van der Waals surface area contributed by atoms with Crippen molar-refractivity contribution in [3.63, 3.8) is 0 Å². The van der Waals surface area contributed by atoms with Crippen LogP contribution in [0.2, 0.25) is 0 Å². The van der Waals surface area contributed by atoms with Crippen LogP contribution in [0.1, 0.15) is 25.0 Å². The number of benzene rings is 4. The molecule has 0 saturated carbocycles. The number of non-ortho nitro benzene ring substituents is 1. The van der Waals surface area contributed by atoms with Crippen LogP contribution in [0.5, 0.6) is 0 Å². The maximum Gasteiger partial charge on any atom is 0.271 e. The average molecular weight is 694 g/mol. The van der Waals surface area contributed by atoms with Gasteiger partial charge in [0, 0.05) is 35.6 Å². The first-order valence-corrected chi connectivity index (χ1v) is 16.4. The first kappa shape index (κ1) is 33.3. The van der Waals surface area contributed by atoms with E-state index in [4.69, 9.17) is 0 Å². The van der Waals surface area contributed by atoms with Gasteiger partial charge in [0.05, 0.1) is 15.5 Å². The number of nitro benzene ring substituents is 1. The van der Waals surface area contributed by atoms with Crippen molar-refractivity contribution in [1.82, 2.24) is 10.2 Å². The van der Waals surface area contributed by atoms with Gasteiger partial charge in [-0.1, -0.05) is 82.7 Å². The number of rotatable bonds is 13. The molecule has 1 N–H and O–H groups in total. The molecule has 0 fully saturated rings. The van der Waals surface area contributed by atoms with Crippen molar-refractivity contribution in [3.8, 4) is 0 Å². The fourth-order valence-corrected chi connectivity index (χ4v) is 6.65. The Labute approximate surface area is 271 Å². The molecule has 0 heterocycles. The molecule has 0 bridgehead atoms. The predicted octanol–water partition coefficient (Wildman–Crippen LogP) is 5.72. The summed E-state index contributed by atoms with van der Waals surface area (Å²) in [5.74, 6) is -1.06. The zero-order valence-corrected chi connectivity index (χ0v) is 27.1. The molecule has 4 aromatic rings. The summed E-state index contributed by atoms with van der Waals surface area (Å²) in [4.78, 5) is 40.4. The van der Waals surface area contributed by atoms with Gasteiger partial charge in [0.1, 0.15) is 12.6 Å². The molecule has 0 radical (unpaired) electrons. The van der Waals surface area contributed by atoms with Crippen LogP contribution in [0.4, 0.5) is 11.4 Å². The third-order valence-electron chi connectivity index (χ3n) is 6.88. The van der Waals surface area contributed by atoms with Crippen molar-refractivity contribution in [3.05, 3.63) is 135 Å². The number of amides is 2. The molecule has 0 aliphatic heterocycles. The van der Waals surface area contributed by atoms with Gasteiger partial charge < -0.3 is 10.2 Å². The van der Waals surface area contributed by atoms with Gasteiger partial charge in [-0.15, -0.1) is 0 Å². The Balaban J connectivity index is 1.83. The van der Waals surface area contributed by atoms with Crippen molar-refractivity contribution < 1.29 is 22.9 Å². The lowest BCUT2D eigenvalue weighted by atomic mass is 10.0. The van der Waals surface area contributed by atoms with E-state index in [0.29, 0.717) is 5.56 Å². The third kappa shape index (κ3) is 8.77. The lowest BCUT2D eigenvalue weighted by molar-refractivity contribution is -0.384. The lowest BCUT2D eigenvalue weighted by Crippen LogP contribution is -2.54. The van der Waals surface area contributed by atoms with Crippen LogP contribution in [-0.2, 0) is 32.6 Å². The number of anilines is 1. The standard InChI is InChI=1S/C33H33BrN4O6S/c1-24(2)35-33(40)31(20-25-11-5-3-6-12-25)36(22-26-13-9-14-27(34)19-26)32(39)23-37(28-15-10-16-29(21-28)38(41)42)45(43,44)30-17-7-4-8-18-30/h3-19,21,24,31H,20,22-23H2,1-2H3,(H,35,40)/t31-/m0/s1. The molecule has 4 rings (SSSR count). The van der Waals surface area contributed by atoms with Crippen molar-refractivity contribution in [2.24, 2.45) is 0 Å². The second-order valence-electron chi connectivity index (χ2n) is 10.6. The summed E-state index contributed by atoms with van der Waals surface area (Å²) in [6, 6.07) is 27.9. The highest BCUT2D eigenvalue weighted by atomic mass is 79.9. The van der Waals surface area contributed by atoms with E-state index in [9.17, 15) is 28.1 Å². The average Bonchev–Trinajstić information content (AvgIpc) is 3.02. The van der Waals surface area contributed by atoms with Gasteiger partial charge in [-0.3, -0.25) is 24.0 Å². The SMILES string of the molecule is CC(C)NC(=O)[C@H](Cc1ccccc1)N(Cc1cccc(Br)c1)C(=O)CN(c1cccc([N+](=O)[O-])c1)S(=O)(=O)c1ccccc1. The number of carbonyl (C=O) groups is 2. The van der Waals surface area contributed by atoms with Crippen LogP contribution in [-0.4, -0.2) is 48.7 Å². The molecule has 0 aliphatic rings. The number of sulfonamides is 1. The predicted molar refractivity (Wildman–Crippen MR) is 176 cm³/mol. The monoisotopic (exact) mass is 692 g/mol. The number of carbonyl (C=O) groups excluding carboxylic acids is 2. The summed E-state index contributed by atoms with van der Waals surface area (Å²) >= 11 is 3.46. The highest BCUT2D eigenvalue weighted by molar-refractivity contribution is 9.10. The number of nitrogens with one attached hydrogen (secondary N) is 1. The van der Waals surface area contributed by atoms with Crippen molar-refractivity contribution >= 4 is 49.1 Å². The van der Waals surface area contributed by atoms with Crippen LogP contribution in [0.25, 0.3) is 0 Å². The molecule has 10 nitrogen and oxygen atoms in total. The summed E-state index contributed by atoms with van der Waals surface area (Å²) in [6.07, 6.45) is 0.168. The summed E-state index contributed by atoms with van der Waals surface area (Å²) in [6.45, 7) is 2.91. The first-order valence-electron chi connectivity index (χ1n) is 14.2. The summed E-state index contributed by atoms with van der Waals surface area (Å²) in [7, 11) is -4.37. The lowest BCUT2D eigenvalue weighted by Gasteiger charge is -2.34. The molecule has 0 saturated heterocycles. The minimum atomic E-state index is -4.37. The Bertz CT molecular complexity index is 1750. The van der Waals surface area contributed by atoms with Crippen LogP contribution < -0.4 is 9.62 Å². The molecule has 234 valence electrons. The number of hydrogen-bond acceptors (Lipinski definition) is 6. The topological polar surface area (TPSA) is 130 Å². The third-order valence-corrected chi connectivity index (χ3v) is 9.16. The van der Waals surface area contributed by atoms with Gasteiger partial charge in [-0.05, 0) is 55.3 Å². The number of halogens is 1. The van der Waals surface area contributed by atoms with E-state index in [1.807, 2.05) is 62.4 Å². The summed E-state index contributed by atoms with van der Waals surface area (Å²) in [5, 5.41) is 14.5. The van der Waals surface area contributed by atoms with E-state index in [2.05, 4.69) is 21.2 Å². The molecule has 4 aromatic carbocycles. The molecule has 2 amide bonds. The quantitative estimate of drug-likeness (QED) is 0.141. The van der Waals surface area contributed by atoms with E-state index < -0.39 is 39.3 Å². The second kappa shape index (κ2) is 15.0. The minimum Gasteiger partial charge on any atom is -0.352 e. The van der Waals surface area contributed by atoms with Gasteiger partial charge >= 0.3 is 0 Å². The van der Waals surface area contributed by atoms with Crippen molar-refractivity contribution in [2.75, 3.05) is 10.8 Å². The molecular formula is C33H33BrN4O6S. The Morgan fingerprint density at radius 3 is 2.11 bits per heavy atom. The van der Waals surface area contributed by atoms with Crippen molar-refractivity contribution in [2.45, 2.75) is 43.8 Å². The number of nitrogens with zero attached hydrogens (tertiary/aromatic N) is 3. The van der Waals surface area contributed by atoms with Crippen LogP contribution in [0.3, 0.4) is 0 Å². The Morgan fingerprint density at radius 1 is 0.867 bits per heavy atom. The zero-order valence-electron chi connectivity index (χ0n) is 24.7. The van der Waals surface area contributed by atoms with E-state index in [1.165, 1.54) is 35.2 Å². The Kier molecular flexibility index (Phi) is 11.1. The largest absolute Gasteiger partial charge is 0.352 e.